The lowest BCUT2D eigenvalue weighted by molar-refractivity contribution is 1.62. The van der Waals surface area contributed by atoms with E-state index < -0.39 is 0 Å². The zero-order valence-electron chi connectivity index (χ0n) is 40.8. The second kappa shape index (κ2) is 16.6. The highest BCUT2D eigenvalue weighted by Crippen LogP contribution is 2.47. The molecule has 16 rings (SSSR count). The zero-order chi connectivity index (χ0) is 49.1. The van der Waals surface area contributed by atoms with E-state index in [-0.39, 0.29) is 0 Å². The highest BCUT2D eigenvalue weighted by atomic mass is 32.1. The third-order valence-corrected chi connectivity index (χ3v) is 17.4. The first-order valence-electron chi connectivity index (χ1n) is 26.0. The van der Waals surface area contributed by atoms with Crippen molar-refractivity contribution in [1.29, 1.82) is 0 Å². The minimum Gasteiger partial charge on any atom is -0.135 e. The number of hydrogen-bond acceptors (Lipinski definition) is 1. The number of benzene rings is 15. The molecule has 0 atom stereocenters. The molecule has 0 amide bonds. The summed E-state index contributed by atoms with van der Waals surface area (Å²) < 4.78 is 2.64. The first-order valence-corrected chi connectivity index (χ1v) is 26.8. The Morgan fingerprint density at radius 1 is 0.147 bits per heavy atom. The van der Waals surface area contributed by atoms with Crippen molar-refractivity contribution in [1.82, 2.24) is 0 Å². The summed E-state index contributed by atoms with van der Waals surface area (Å²) in [6, 6.07) is 100. The van der Waals surface area contributed by atoms with E-state index in [0.29, 0.717) is 0 Å². The molecule has 15 aromatic carbocycles. The first-order chi connectivity index (χ1) is 37.2. The zero-order valence-corrected chi connectivity index (χ0v) is 41.6. The van der Waals surface area contributed by atoms with Crippen LogP contribution in [0.5, 0.6) is 0 Å². The Morgan fingerprint density at radius 2 is 0.400 bits per heavy atom. The van der Waals surface area contributed by atoms with Crippen molar-refractivity contribution < 1.29 is 0 Å². The van der Waals surface area contributed by atoms with E-state index in [1.165, 1.54) is 162 Å². The van der Waals surface area contributed by atoms with Crippen molar-refractivity contribution in [3.63, 3.8) is 0 Å². The maximum absolute atomic E-state index is 2.46. The average molecular weight is 965 g/mol. The summed E-state index contributed by atoms with van der Waals surface area (Å²) in [6.07, 6.45) is 0. The molecule has 0 N–H and O–H groups in total. The smallest absolute Gasteiger partial charge is 0.0355 e. The highest BCUT2D eigenvalue weighted by Gasteiger charge is 2.20. The Morgan fingerprint density at radius 3 is 0.853 bits per heavy atom. The molecule has 1 aromatic heterocycles. The van der Waals surface area contributed by atoms with Crippen molar-refractivity contribution >= 4 is 118 Å². The van der Waals surface area contributed by atoms with Gasteiger partial charge in [-0.2, -0.15) is 0 Å². The van der Waals surface area contributed by atoms with Crippen molar-refractivity contribution in [3.8, 4) is 55.6 Å². The number of fused-ring (bicyclic) bond motifs is 17. The Balaban J connectivity index is 0.863. The molecule has 75 heavy (non-hydrogen) atoms. The van der Waals surface area contributed by atoms with Gasteiger partial charge in [0.2, 0.25) is 0 Å². The largest absolute Gasteiger partial charge is 0.135 e. The monoisotopic (exact) mass is 964 g/mol. The van der Waals surface area contributed by atoms with Crippen molar-refractivity contribution in [2.24, 2.45) is 0 Å². The Bertz CT molecular complexity index is 4970. The van der Waals surface area contributed by atoms with Crippen LogP contribution in [0.4, 0.5) is 0 Å². The van der Waals surface area contributed by atoms with Crippen LogP contribution in [0.1, 0.15) is 0 Å². The van der Waals surface area contributed by atoms with Gasteiger partial charge in [-0.3, -0.25) is 0 Å². The maximum atomic E-state index is 2.46. The second-order valence-electron chi connectivity index (χ2n) is 20.2. The fourth-order valence-electron chi connectivity index (χ4n) is 12.7. The minimum absolute atomic E-state index is 1.20. The van der Waals surface area contributed by atoms with Crippen LogP contribution in [0.15, 0.2) is 267 Å². The standard InChI is InChI=1S/C74H44S/c1-3-17-57-53(13-1)55-15-5-7-19-59(55)67-41-49(33-37-61(57)67)45-25-29-47(30-26-45)73-64-22-9-10-23-65(64)74(70-44-51(35-39-66(70)73)52-36-40-72-69(43-52)63-21-11-12-24-71(63)75-72)48-31-27-46(28-32-48)50-34-38-62-58-18-4-2-14-54(58)56-16-6-8-20-60(56)68(62)42-50/h1-44H. The maximum Gasteiger partial charge on any atom is 0.0355 e. The molecular formula is C74H44S. The fourth-order valence-corrected chi connectivity index (χ4v) is 13.8. The third-order valence-electron chi connectivity index (χ3n) is 16.2. The molecule has 0 fully saturated rings. The molecule has 0 spiro atoms. The van der Waals surface area contributed by atoms with Gasteiger partial charge in [-0.05, 0) is 178 Å². The molecule has 0 bridgehead atoms. The van der Waals surface area contributed by atoms with Crippen LogP contribution >= 0.6 is 11.3 Å². The number of rotatable bonds is 5. The van der Waals surface area contributed by atoms with E-state index in [1.807, 2.05) is 11.3 Å². The number of thiophene rings is 1. The molecule has 0 unspecified atom stereocenters. The molecule has 0 aliphatic rings. The molecule has 1 heterocycles. The van der Waals surface area contributed by atoms with Crippen LogP contribution < -0.4 is 0 Å². The SMILES string of the molecule is c1ccc2c(c1)sc1ccc(-c3ccc4c(-c5ccc(-c6ccc7c8ccccc8c8ccccc8c7c6)cc5)c5ccccc5c(-c5ccc(-c6ccc7c8ccccc8c8ccccc8c7c6)cc5)c4c3)cc12. The van der Waals surface area contributed by atoms with Gasteiger partial charge >= 0.3 is 0 Å². The van der Waals surface area contributed by atoms with Gasteiger partial charge in [0.15, 0.2) is 0 Å². The Kier molecular flexibility index (Phi) is 9.31. The summed E-state index contributed by atoms with van der Waals surface area (Å²) in [4.78, 5) is 0. The topological polar surface area (TPSA) is 0 Å². The van der Waals surface area contributed by atoms with Crippen LogP contribution in [-0.4, -0.2) is 0 Å². The Hall–Kier alpha value is -9.40. The van der Waals surface area contributed by atoms with Gasteiger partial charge in [-0.15, -0.1) is 11.3 Å². The molecule has 1 heteroatoms. The summed E-state index contributed by atoms with van der Waals surface area (Å²) in [5.74, 6) is 0. The van der Waals surface area contributed by atoms with Gasteiger partial charge in [0.1, 0.15) is 0 Å². The lowest BCUT2D eigenvalue weighted by atomic mass is 9.84. The van der Waals surface area contributed by atoms with Crippen LogP contribution in [0.2, 0.25) is 0 Å². The molecule has 0 saturated carbocycles. The molecule has 16 aromatic rings. The van der Waals surface area contributed by atoms with Crippen molar-refractivity contribution in [2.75, 3.05) is 0 Å². The lowest BCUT2D eigenvalue weighted by Gasteiger charge is -2.19. The Labute approximate surface area is 437 Å². The quantitative estimate of drug-likeness (QED) is 0.119. The summed E-state index contributed by atoms with van der Waals surface area (Å²) in [5, 5.41) is 23.1. The van der Waals surface area contributed by atoms with Crippen LogP contribution in [-0.2, 0) is 0 Å². The van der Waals surface area contributed by atoms with E-state index in [1.54, 1.807) is 0 Å². The highest BCUT2D eigenvalue weighted by molar-refractivity contribution is 7.25. The lowest BCUT2D eigenvalue weighted by Crippen LogP contribution is -1.92. The van der Waals surface area contributed by atoms with Gasteiger partial charge in [-0.25, -0.2) is 0 Å². The van der Waals surface area contributed by atoms with E-state index in [4.69, 9.17) is 0 Å². The third kappa shape index (κ3) is 6.55. The van der Waals surface area contributed by atoms with E-state index in [0.717, 1.165) is 0 Å². The number of hydrogen-bond donors (Lipinski definition) is 0. The predicted octanol–water partition coefficient (Wildman–Crippen LogP) is 21.6. The van der Waals surface area contributed by atoms with E-state index in [2.05, 4.69) is 267 Å². The van der Waals surface area contributed by atoms with Crippen LogP contribution in [0.3, 0.4) is 0 Å². The summed E-state index contributed by atoms with van der Waals surface area (Å²) in [7, 11) is 0. The van der Waals surface area contributed by atoms with E-state index in [9.17, 15) is 0 Å². The van der Waals surface area contributed by atoms with E-state index >= 15 is 0 Å². The average Bonchev–Trinajstić information content (AvgIpc) is 3.89. The summed E-state index contributed by atoms with van der Waals surface area (Å²) in [5.41, 5.74) is 12.2. The normalized spacial score (nSPS) is 12.0. The fraction of sp³-hybridized carbons (Fsp3) is 0. The first kappa shape index (κ1) is 42.1. The molecule has 0 aliphatic carbocycles. The summed E-state index contributed by atoms with van der Waals surface area (Å²) >= 11 is 1.87. The molecule has 0 saturated heterocycles. The summed E-state index contributed by atoms with van der Waals surface area (Å²) in [6.45, 7) is 0. The molecular weight excluding hydrogens is 921 g/mol. The van der Waals surface area contributed by atoms with Gasteiger partial charge in [0.25, 0.3) is 0 Å². The van der Waals surface area contributed by atoms with Gasteiger partial charge in [-0.1, -0.05) is 231 Å². The molecule has 346 valence electrons. The van der Waals surface area contributed by atoms with Crippen LogP contribution in [0, 0.1) is 0 Å². The second-order valence-corrected chi connectivity index (χ2v) is 21.3. The molecule has 0 aliphatic heterocycles. The van der Waals surface area contributed by atoms with Gasteiger partial charge in [0, 0.05) is 20.2 Å². The predicted molar refractivity (Wildman–Crippen MR) is 327 cm³/mol. The molecule has 0 nitrogen and oxygen atoms in total. The van der Waals surface area contributed by atoms with Crippen molar-refractivity contribution in [3.05, 3.63) is 267 Å². The molecule has 0 radical (unpaired) electrons. The van der Waals surface area contributed by atoms with Gasteiger partial charge in [0.05, 0.1) is 0 Å². The van der Waals surface area contributed by atoms with Crippen LogP contribution in [0.25, 0.3) is 162 Å². The van der Waals surface area contributed by atoms with Crippen molar-refractivity contribution in [2.45, 2.75) is 0 Å². The van der Waals surface area contributed by atoms with Gasteiger partial charge < -0.3 is 0 Å². The minimum atomic E-state index is 1.20.